The maximum atomic E-state index is 14.3. The Labute approximate surface area is 156 Å². The van der Waals surface area contributed by atoms with Crippen LogP contribution < -0.4 is 10.6 Å². The number of pyridine rings is 1. The van der Waals surface area contributed by atoms with E-state index in [9.17, 15) is 9.18 Å². The number of aryl methyl sites for hydroxylation is 1. The molecule has 8 heteroatoms. The van der Waals surface area contributed by atoms with Crippen LogP contribution in [0.1, 0.15) is 33.4 Å². The SMILES string of the molecule is Cc1nc(C(=O)Nc2ccc(C3CNCCO3)cc2F)ccc1C#N.Cl. The van der Waals surface area contributed by atoms with Crippen molar-refractivity contribution in [1.29, 1.82) is 5.26 Å². The van der Waals surface area contributed by atoms with E-state index in [0.29, 0.717) is 24.4 Å². The van der Waals surface area contributed by atoms with Gasteiger partial charge in [0.05, 0.1) is 29.7 Å². The highest BCUT2D eigenvalue weighted by Crippen LogP contribution is 2.24. The first kappa shape index (κ1) is 19.8. The second-order valence-electron chi connectivity index (χ2n) is 5.70. The summed E-state index contributed by atoms with van der Waals surface area (Å²) in [4.78, 5) is 16.3. The van der Waals surface area contributed by atoms with Crippen LogP contribution in [0.4, 0.5) is 10.1 Å². The quantitative estimate of drug-likeness (QED) is 0.860. The van der Waals surface area contributed by atoms with Crippen LogP contribution in [0.5, 0.6) is 0 Å². The lowest BCUT2D eigenvalue weighted by atomic mass is 10.1. The van der Waals surface area contributed by atoms with Gasteiger partial charge in [0.15, 0.2) is 0 Å². The molecule has 0 aliphatic carbocycles. The summed E-state index contributed by atoms with van der Waals surface area (Å²) in [5.41, 5.74) is 1.76. The molecule has 1 aliphatic rings. The summed E-state index contributed by atoms with van der Waals surface area (Å²) in [6.07, 6.45) is -0.198. The van der Waals surface area contributed by atoms with E-state index in [1.54, 1.807) is 13.0 Å². The highest BCUT2D eigenvalue weighted by molar-refractivity contribution is 6.03. The number of amides is 1. The molecule has 26 heavy (non-hydrogen) atoms. The van der Waals surface area contributed by atoms with Gasteiger partial charge in [-0.3, -0.25) is 4.79 Å². The first-order valence-corrected chi connectivity index (χ1v) is 7.89. The van der Waals surface area contributed by atoms with Gasteiger partial charge in [-0.05, 0) is 36.8 Å². The van der Waals surface area contributed by atoms with Gasteiger partial charge in [-0.2, -0.15) is 5.26 Å². The van der Waals surface area contributed by atoms with Crippen molar-refractivity contribution in [2.75, 3.05) is 25.0 Å². The third-order valence-electron chi connectivity index (χ3n) is 3.98. The summed E-state index contributed by atoms with van der Waals surface area (Å²) < 4.78 is 19.9. The third kappa shape index (κ3) is 4.35. The van der Waals surface area contributed by atoms with Gasteiger partial charge in [0.2, 0.25) is 0 Å². The molecule has 1 fully saturated rings. The van der Waals surface area contributed by atoms with E-state index in [1.165, 1.54) is 24.3 Å². The normalized spacial score (nSPS) is 16.3. The second-order valence-corrected chi connectivity index (χ2v) is 5.70. The Morgan fingerprint density at radius 2 is 2.23 bits per heavy atom. The van der Waals surface area contributed by atoms with E-state index in [-0.39, 0.29) is 29.9 Å². The standard InChI is InChI=1S/C18H17FN4O2.ClH/c1-11-13(9-20)3-5-16(22-11)18(24)23-15-4-2-12(8-14(15)19)17-10-21-6-7-25-17;/h2-5,8,17,21H,6-7,10H2,1H3,(H,23,24);1H. The molecule has 1 aliphatic heterocycles. The fraction of sp³-hybridized carbons (Fsp3) is 0.278. The minimum atomic E-state index is -0.537. The minimum absolute atomic E-state index is 0. The lowest BCUT2D eigenvalue weighted by Crippen LogP contribution is -2.33. The van der Waals surface area contributed by atoms with Crippen LogP contribution >= 0.6 is 12.4 Å². The van der Waals surface area contributed by atoms with Crippen molar-refractivity contribution in [3.05, 3.63) is 58.7 Å². The number of morpholine rings is 1. The van der Waals surface area contributed by atoms with E-state index in [1.807, 2.05) is 6.07 Å². The van der Waals surface area contributed by atoms with Gasteiger partial charge in [-0.1, -0.05) is 6.07 Å². The number of hydrogen-bond donors (Lipinski definition) is 2. The second kappa shape index (κ2) is 8.72. The van der Waals surface area contributed by atoms with Gasteiger partial charge in [-0.15, -0.1) is 12.4 Å². The number of aromatic nitrogens is 1. The van der Waals surface area contributed by atoms with Crippen LogP contribution in [0.25, 0.3) is 0 Å². The zero-order valence-corrected chi connectivity index (χ0v) is 14.9. The van der Waals surface area contributed by atoms with E-state index in [0.717, 1.165) is 12.1 Å². The molecule has 2 aromatic rings. The Hall–Kier alpha value is -2.53. The van der Waals surface area contributed by atoms with Crippen LogP contribution in [0.2, 0.25) is 0 Å². The fourth-order valence-electron chi connectivity index (χ4n) is 2.60. The van der Waals surface area contributed by atoms with Crippen LogP contribution in [0.3, 0.4) is 0 Å². The molecule has 1 atom stereocenters. The maximum Gasteiger partial charge on any atom is 0.274 e. The number of anilines is 1. The first-order valence-electron chi connectivity index (χ1n) is 7.89. The monoisotopic (exact) mass is 376 g/mol. The Morgan fingerprint density at radius 1 is 1.42 bits per heavy atom. The molecule has 0 saturated carbocycles. The number of ether oxygens (including phenoxy) is 1. The molecule has 136 valence electrons. The Morgan fingerprint density at radius 3 is 2.85 bits per heavy atom. The molecule has 0 radical (unpaired) electrons. The zero-order valence-electron chi connectivity index (χ0n) is 14.1. The van der Waals surface area contributed by atoms with Crippen molar-refractivity contribution >= 4 is 24.0 Å². The van der Waals surface area contributed by atoms with Gasteiger partial charge in [0.25, 0.3) is 5.91 Å². The summed E-state index contributed by atoms with van der Waals surface area (Å²) in [6.45, 7) is 3.63. The molecule has 2 heterocycles. The molecule has 0 spiro atoms. The average molecular weight is 377 g/mol. The van der Waals surface area contributed by atoms with Crippen molar-refractivity contribution < 1.29 is 13.9 Å². The van der Waals surface area contributed by atoms with Gasteiger partial charge < -0.3 is 15.4 Å². The summed E-state index contributed by atoms with van der Waals surface area (Å²) >= 11 is 0. The van der Waals surface area contributed by atoms with Gasteiger partial charge in [0, 0.05) is 13.1 Å². The van der Waals surface area contributed by atoms with Crippen LogP contribution in [0.15, 0.2) is 30.3 Å². The number of nitrogens with one attached hydrogen (secondary N) is 2. The molecule has 1 aromatic heterocycles. The van der Waals surface area contributed by atoms with Crippen molar-refractivity contribution in [2.45, 2.75) is 13.0 Å². The lowest BCUT2D eigenvalue weighted by Gasteiger charge is -2.24. The summed E-state index contributed by atoms with van der Waals surface area (Å²) in [5.74, 6) is -1.07. The number of carbonyl (C=O) groups excluding carboxylic acids is 1. The summed E-state index contributed by atoms with van der Waals surface area (Å²) in [5, 5.41) is 14.6. The third-order valence-corrected chi connectivity index (χ3v) is 3.98. The van der Waals surface area contributed by atoms with Crippen molar-refractivity contribution in [3.8, 4) is 6.07 Å². The van der Waals surface area contributed by atoms with Crippen molar-refractivity contribution in [2.24, 2.45) is 0 Å². The predicted octanol–water partition coefficient (Wildman–Crippen LogP) is 2.74. The molecular formula is C18H18ClFN4O2. The van der Waals surface area contributed by atoms with Crippen molar-refractivity contribution in [3.63, 3.8) is 0 Å². The molecule has 6 nitrogen and oxygen atoms in total. The summed E-state index contributed by atoms with van der Waals surface area (Å²) in [7, 11) is 0. The Balaban J connectivity index is 0.00000243. The number of carbonyl (C=O) groups is 1. The number of hydrogen-bond acceptors (Lipinski definition) is 5. The average Bonchev–Trinajstić information content (AvgIpc) is 2.64. The molecule has 2 N–H and O–H groups in total. The fourth-order valence-corrected chi connectivity index (χ4v) is 2.60. The van der Waals surface area contributed by atoms with Crippen LogP contribution in [-0.4, -0.2) is 30.6 Å². The van der Waals surface area contributed by atoms with Gasteiger partial charge in [-0.25, -0.2) is 9.37 Å². The Bertz CT molecular complexity index is 848. The van der Waals surface area contributed by atoms with Crippen LogP contribution in [-0.2, 0) is 4.74 Å². The number of nitriles is 1. The highest BCUT2D eigenvalue weighted by Gasteiger charge is 2.18. The molecule has 1 saturated heterocycles. The van der Waals surface area contributed by atoms with Gasteiger partial charge in [0.1, 0.15) is 17.6 Å². The number of nitrogens with zero attached hydrogens (tertiary/aromatic N) is 2. The first-order chi connectivity index (χ1) is 12.1. The highest BCUT2D eigenvalue weighted by atomic mass is 35.5. The number of halogens is 2. The van der Waals surface area contributed by atoms with E-state index < -0.39 is 11.7 Å². The Kier molecular flexibility index (Phi) is 6.64. The maximum absolute atomic E-state index is 14.3. The molecule has 1 amide bonds. The molecule has 1 unspecified atom stereocenters. The molecular weight excluding hydrogens is 359 g/mol. The smallest absolute Gasteiger partial charge is 0.274 e. The summed E-state index contributed by atoms with van der Waals surface area (Å²) in [6, 6.07) is 9.55. The number of benzene rings is 1. The van der Waals surface area contributed by atoms with Crippen molar-refractivity contribution in [1.82, 2.24) is 10.3 Å². The largest absolute Gasteiger partial charge is 0.371 e. The minimum Gasteiger partial charge on any atom is -0.371 e. The van der Waals surface area contributed by atoms with Gasteiger partial charge >= 0.3 is 0 Å². The molecule has 0 bridgehead atoms. The van der Waals surface area contributed by atoms with Crippen LogP contribution in [0, 0.1) is 24.1 Å². The topological polar surface area (TPSA) is 87.0 Å². The zero-order chi connectivity index (χ0) is 17.8. The number of rotatable bonds is 3. The predicted molar refractivity (Wildman–Crippen MR) is 96.9 cm³/mol. The van der Waals surface area contributed by atoms with E-state index in [2.05, 4.69) is 15.6 Å². The van der Waals surface area contributed by atoms with E-state index >= 15 is 0 Å². The lowest BCUT2D eigenvalue weighted by molar-refractivity contribution is 0.0275. The molecule has 1 aromatic carbocycles. The molecule has 3 rings (SSSR count). The van der Waals surface area contributed by atoms with E-state index in [4.69, 9.17) is 10.00 Å².